The Morgan fingerprint density at radius 1 is 1.12 bits per heavy atom. The first kappa shape index (κ1) is 16.3. The molecule has 0 heterocycles. The molecule has 0 atom stereocenters. The maximum absolute atomic E-state index is 10.3. The standard InChI is InChI=1S/C13H29NOS/c1-4-8-13(15,9-5-2)12-14-10-7-11-16-6-3/h14-15H,4-12H2,1-3H3. The summed E-state index contributed by atoms with van der Waals surface area (Å²) in [6.45, 7) is 8.25. The summed E-state index contributed by atoms with van der Waals surface area (Å²) in [7, 11) is 0. The van der Waals surface area contributed by atoms with Crippen LogP contribution in [-0.4, -0.2) is 35.3 Å². The van der Waals surface area contributed by atoms with Crippen molar-refractivity contribution in [3.05, 3.63) is 0 Å². The van der Waals surface area contributed by atoms with Crippen molar-refractivity contribution >= 4 is 11.8 Å². The van der Waals surface area contributed by atoms with Crippen LogP contribution in [0.5, 0.6) is 0 Å². The quantitative estimate of drug-likeness (QED) is 0.550. The molecule has 0 saturated heterocycles. The third-order valence-corrected chi connectivity index (χ3v) is 3.72. The molecule has 0 aliphatic carbocycles. The first-order valence-corrected chi connectivity index (χ1v) is 7.84. The predicted octanol–water partition coefficient (Wildman–Crippen LogP) is 3.05. The van der Waals surface area contributed by atoms with Crippen LogP contribution in [0.3, 0.4) is 0 Å². The van der Waals surface area contributed by atoms with Crippen LogP contribution in [-0.2, 0) is 0 Å². The van der Waals surface area contributed by atoms with E-state index in [1.54, 1.807) is 0 Å². The van der Waals surface area contributed by atoms with Gasteiger partial charge in [0.15, 0.2) is 0 Å². The van der Waals surface area contributed by atoms with Gasteiger partial charge < -0.3 is 10.4 Å². The Labute approximate surface area is 106 Å². The molecule has 98 valence electrons. The summed E-state index contributed by atoms with van der Waals surface area (Å²) in [6, 6.07) is 0. The van der Waals surface area contributed by atoms with Gasteiger partial charge in [0.1, 0.15) is 0 Å². The van der Waals surface area contributed by atoms with Crippen LogP contribution in [0.1, 0.15) is 52.9 Å². The lowest BCUT2D eigenvalue weighted by Crippen LogP contribution is -2.40. The van der Waals surface area contributed by atoms with Gasteiger partial charge in [0.25, 0.3) is 0 Å². The van der Waals surface area contributed by atoms with Gasteiger partial charge in [0.2, 0.25) is 0 Å². The van der Waals surface area contributed by atoms with Crippen molar-refractivity contribution in [1.29, 1.82) is 0 Å². The normalized spacial score (nSPS) is 12.0. The molecule has 16 heavy (non-hydrogen) atoms. The molecule has 2 nitrogen and oxygen atoms in total. The molecule has 0 fully saturated rings. The Bertz CT molecular complexity index is 147. The summed E-state index contributed by atoms with van der Waals surface area (Å²) in [5.41, 5.74) is -0.471. The highest BCUT2D eigenvalue weighted by molar-refractivity contribution is 7.99. The van der Waals surface area contributed by atoms with Crippen LogP contribution in [0.2, 0.25) is 0 Å². The number of aliphatic hydroxyl groups is 1. The van der Waals surface area contributed by atoms with E-state index in [0.29, 0.717) is 0 Å². The van der Waals surface area contributed by atoms with E-state index >= 15 is 0 Å². The molecule has 0 rings (SSSR count). The van der Waals surface area contributed by atoms with Gasteiger partial charge in [-0.15, -0.1) is 0 Å². The smallest absolute Gasteiger partial charge is 0.0771 e. The van der Waals surface area contributed by atoms with E-state index in [4.69, 9.17) is 0 Å². The summed E-state index contributed by atoms with van der Waals surface area (Å²) in [5.74, 6) is 2.43. The second-order valence-electron chi connectivity index (χ2n) is 4.45. The number of nitrogens with one attached hydrogen (secondary N) is 1. The lowest BCUT2D eigenvalue weighted by molar-refractivity contribution is 0.0220. The number of hydrogen-bond acceptors (Lipinski definition) is 3. The molecule has 3 heteroatoms. The molecule has 0 aromatic carbocycles. The van der Waals surface area contributed by atoms with Gasteiger partial charge in [-0.2, -0.15) is 11.8 Å². The molecule has 0 aliphatic heterocycles. The van der Waals surface area contributed by atoms with Gasteiger partial charge in [-0.05, 0) is 37.3 Å². The van der Waals surface area contributed by atoms with Gasteiger partial charge in [-0.1, -0.05) is 33.6 Å². The van der Waals surface area contributed by atoms with Gasteiger partial charge in [0.05, 0.1) is 5.60 Å². The van der Waals surface area contributed by atoms with Crippen LogP contribution in [0.15, 0.2) is 0 Å². The van der Waals surface area contributed by atoms with E-state index in [-0.39, 0.29) is 0 Å². The second-order valence-corrected chi connectivity index (χ2v) is 5.85. The molecular weight excluding hydrogens is 218 g/mol. The fourth-order valence-corrected chi connectivity index (χ4v) is 2.63. The molecule has 0 aromatic heterocycles. The highest BCUT2D eigenvalue weighted by atomic mass is 32.2. The van der Waals surface area contributed by atoms with Crippen LogP contribution in [0.25, 0.3) is 0 Å². The molecule has 0 aliphatic rings. The average molecular weight is 247 g/mol. The zero-order valence-corrected chi connectivity index (χ0v) is 12.0. The Morgan fingerprint density at radius 3 is 2.25 bits per heavy atom. The minimum absolute atomic E-state index is 0.471. The van der Waals surface area contributed by atoms with Crippen molar-refractivity contribution < 1.29 is 5.11 Å². The molecule has 2 N–H and O–H groups in total. The molecule has 0 amide bonds. The van der Waals surface area contributed by atoms with Crippen LogP contribution < -0.4 is 5.32 Å². The maximum atomic E-state index is 10.3. The Morgan fingerprint density at radius 2 is 1.75 bits per heavy atom. The predicted molar refractivity (Wildman–Crippen MR) is 75.3 cm³/mol. The minimum Gasteiger partial charge on any atom is -0.389 e. The SMILES string of the molecule is CCCC(O)(CCC)CNCCCSCC. The summed E-state index contributed by atoms with van der Waals surface area (Å²) in [6.07, 6.45) is 5.15. The van der Waals surface area contributed by atoms with Crippen molar-refractivity contribution in [2.75, 3.05) is 24.6 Å². The molecule has 0 bridgehead atoms. The third-order valence-electron chi connectivity index (χ3n) is 2.73. The van der Waals surface area contributed by atoms with E-state index in [1.165, 1.54) is 17.9 Å². The lowest BCUT2D eigenvalue weighted by atomic mass is 9.93. The zero-order valence-electron chi connectivity index (χ0n) is 11.2. The topological polar surface area (TPSA) is 32.3 Å². The Kier molecular flexibility index (Phi) is 10.6. The Balaban J connectivity index is 3.59. The first-order valence-electron chi connectivity index (χ1n) is 6.69. The molecule has 0 unspecified atom stereocenters. The number of rotatable bonds is 11. The molecular formula is C13H29NOS. The molecule has 0 saturated carbocycles. The van der Waals surface area contributed by atoms with Crippen molar-refractivity contribution in [1.82, 2.24) is 5.32 Å². The fourth-order valence-electron chi connectivity index (χ4n) is 2.00. The summed E-state index contributed by atoms with van der Waals surface area (Å²) in [4.78, 5) is 0. The van der Waals surface area contributed by atoms with Crippen LogP contribution in [0.4, 0.5) is 0 Å². The summed E-state index contributed by atoms with van der Waals surface area (Å²) < 4.78 is 0. The van der Waals surface area contributed by atoms with E-state index in [9.17, 15) is 5.11 Å². The Hall–Kier alpha value is 0.270. The lowest BCUT2D eigenvalue weighted by Gasteiger charge is -2.27. The second kappa shape index (κ2) is 10.4. The highest BCUT2D eigenvalue weighted by Crippen LogP contribution is 2.18. The number of thioether (sulfide) groups is 1. The molecule has 0 spiro atoms. The van der Waals surface area contributed by atoms with Gasteiger partial charge in [-0.3, -0.25) is 0 Å². The highest BCUT2D eigenvalue weighted by Gasteiger charge is 2.23. The molecule has 0 aromatic rings. The monoisotopic (exact) mass is 247 g/mol. The number of hydrogen-bond donors (Lipinski definition) is 2. The third kappa shape index (κ3) is 8.43. The van der Waals surface area contributed by atoms with Crippen LogP contribution >= 0.6 is 11.8 Å². The van der Waals surface area contributed by atoms with Crippen molar-refractivity contribution in [2.45, 2.75) is 58.5 Å². The summed E-state index contributed by atoms with van der Waals surface area (Å²) in [5, 5.41) is 13.7. The van der Waals surface area contributed by atoms with Gasteiger partial charge in [-0.25, -0.2) is 0 Å². The fraction of sp³-hybridized carbons (Fsp3) is 1.00. The first-order chi connectivity index (χ1) is 7.68. The van der Waals surface area contributed by atoms with E-state index < -0.39 is 5.60 Å². The van der Waals surface area contributed by atoms with Gasteiger partial charge in [0, 0.05) is 6.54 Å². The van der Waals surface area contributed by atoms with E-state index in [2.05, 4.69) is 26.1 Å². The van der Waals surface area contributed by atoms with Gasteiger partial charge >= 0.3 is 0 Å². The van der Waals surface area contributed by atoms with Crippen LogP contribution in [0, 0.1) is 0 Å². The molecule has 0 radical (unpaired) electrons. The van der Waals surface area contributed by atoms with E-state index in [1.807, 2.05) is 11.8 Å². The average Bonchev–Trinajstić information content (AvgIpc) is 2.24. The van der Waals surface area contributed by atoms with Crippen molar-refractivity contribution in [3.8, 4) is 0 Å². The largest absolute Gasteiger partial charge is 0.389 e. The van der Waals surface area contributed by atoms with E-state index in [0.717, 1.165) is 38.8 Å². The summed E-state index contributed by atoms with van der Waals surface area (Å²) >= 11 is 1.98. The maximum Gasteiger partial charge on any atom is 0.0771 e. The van der Waals surface area contributed by atoms with Crippen molar-refractivity contribution in [3.63, 3.8) is 0 Å². The minimum atomic E-state index is -0.471. The zero-order chi connectivity index (χ0) is 12.3. The van der Waals surface area contributed by atoms with Crippen molar-refractivity contribution in [2.24, 2.45) is 0 Å².